The largest absolute Gasteiger partial charge is 0.480 e. The molecular formula is C44H85N21O10S3. The zero-order chi connectivity index (χ0) is 59.7. The second-order valence-electron chi connectivity index (χ2n) is 18.6. The predicted octanol–water partition coefficient (Wildman–Crippen LogP) is -7.02. The lowest BCUT2D eigenvalue weighted by atomic mass is 10.0. The Labute approximate surface area is 470 Å². The summed E-state index contributed by atoms with van der Waals surface area (Å²) < 4.78 is 0. The molecule has 0 bridgehead atoms. The number of carbonyl (C=O) groups excluding carboxylic acids is 8. The lowest BCUT2D eigenvalue weighted by molar-refractivity contribution is -0.142. The maximum Gasteiger partial charge on any atom is 0.327 e. The van der Waals surface area contributed by atoms with Gasteiger partial charge in [0.05, 0.1) is 6.04 Å². The lowest BCUT2D eigenvalue weighted by Gasteiger charge is -2.28. The van der Waals surface area contributed by atoms with Gasteiger partial charge in [0.1, 0.15) is 48.3 Å². The first kappa shape index (κ1) is 71.3. The smallest absolute Gasteiger partial charge is 0.327 e. The minimum Gasteiger partial charge on any atom is -0.480 e. The Balaban J connectivity index is 6.84. The van der Waals surface area contributed by atoms with Crippen LogP contribution in [0, 0.1) is 11.8 Å². The number of nitrogens with two attached hydrogens (primary N) is 9. The summed E-state index contributed by atoms with van der Waals surface area (Å²) in [6.07, 6.45) is 0.613. The Morgan fingerprint density at radius 2 is 0.679 bits per heavy atom. The van der Waals surface area contributed by atoms with Crippen molar-refractivity contribution in [2.45, 2.75) is 140 Å². The van der Waals surface area contributed by atoms with E-state index >= 15 is 0 Å². The number of carbonyl (C=O) groups is 9. The molecule has 0 saturated carbocycles. The highest BCUT2D eigenvalue weighted by Crippen LogP contribution is 2.11. The summed E-state index contributed by atoms with van der Waals surface area (Å²) in [5.74, 6) is -10.3. The highest BCUT2D eigenvalue weighted by Gasteiger charge is 2.35. The van der Waals surface area contributed by atoms with Crippen molar-refractivity contribution in [2.75, 3.05) is 43.4 Å². The topological polar surface area (TPSA) is 554 Å². The molecule has 0 aromatic heterocycles. The third kappa shape index (κ3) is 30.3. The number of rotatable bonds is 39. The molecule has 0 aliphatic carbocycles. The molecule has 0 heterocycles. The van der Waals surface area contributed by atoms with Crippen LogP contribution < -0.4 is 94.1 Å². The number of amides is 8. The monoisotopic (exact) mass is 1160 g/mol. The summed E-state index contributed by atoms with van der Waals surface area (Å²) >= 11 is 12.5. The molecule has 0 unspecified atom stereocenters. The fourth-order valence-electron chi connectivity index (χ4n) is 6.93. The van der Waals surface area contributed by atoms with Crippen LogP contribution in [0.25, 0.3) is 0 Å². The average molecular weight is 1160 g/mol. The third-order valence-electron chi connectivity index (χ3n) is 11.1. The van der Waals surface area contributed by atoms with Crippen LogP contribution in [0.3, 0.4) is 0 Å². The normalized spacial score (nSPS) is 14.4. The zero-order valence-electron chi connectivity index (χ0n) is 44.6. The van der Waals surface area contributed by atoms with E-state index in [1.807, 2.05) is 0 Å². The van der Waals surface area contributed by atoms with Gasteiger partial charge in [-0.2, -0.15) is 37.9 Å². The molecule has 0 radical (unpaired) electrons. The molecule has 444 valence electrons. The molecule has 8 amide bonds. The molecule has 27 N–H and O–H groups in total. The SMILES string of the molecule is CC(C)C[C@H](NC(=O)[C@H](CS)NC(=O)[C@@H](N)CCCN=C(N)N)C(=O)N[C@@H](CS)C(=O)N[C@@H](CCCN=C(N)N)C(=O)N[C@@H](CCCN=C(N)N)C(=O)N[C@@H](CCCN=C(N)N)C(=O)N[C@H](C(=O)N[C@@H](CS)C(=O)O)C(C)C. The number of guanidine groups is 4. The second-order valence-corrected chi connectivity index (χ2v) is 19.7. The van der Waals surface area contributed by atoms with Crippen LogP contribution in [0.4, 0.5) is 0 Å². The number of carboxylic acids is 1. The minimum atomic E-state index is -1.44. The Morgan fingerprint density at radius 3 is 1.00 bits per heavy atom. The third-order valence-corrected chi connectivity index (χ3v) is 12.1. The number of nitrogens with one attached hydrogen (secondary N) is 8. The highest BCUT2D eigenvalue weighted by molar-refractivity contribution is 7.80. The van der Waals surface area contributed by atoms with Crippen molar-refractivity contribution in [3.05, 3.63) is 0 Å². The Morgan fingerprint density at radius 1 is 0.397 bits per heavy atom. The van der Waals surface area contributed by atoms with Crippen LogP contribution in [0.2, 0.25) is 0 Å². The van der Waals surface area contributed by atoms with E-state index in [1.165, 1.54) is 0 Å². The van der Waals surface area contributed by atoms with Gasteiger partial charge in [-0.3, -0.25) is 58.3 Å². The number of thiol groups is 3. The molecule has 0 fully saturated rings. The molecule has 0 aromatic carbocycles. The van der Waals surface area contributed by atoms with Crippen molar-refractivity contribution in [1.29, 1.82) is 0 Å². The maximum absolute atomic E-state index is 14.3. The van der Waals surface area contributed by atoms with Gasteiger partial charge in [-0.25, -0.2) is 4.79 Å². The van der Waals surface area contributed by atoms with Gasteiger partial charge >= 0.3 is 5.97 Å². The van der Waals surface area contributed by atoms with Gasteiger partial charge < -0.3 is 99.2 Å². The van der Waals surface area contributed by atoms with Crippen molar-refractivity contribution in [2.24, 2.45) is 83.4 Å². The fraction of sp³-hybridized carbons (Fsp3) is 0.705. The summed E-state index contributed by atoms with van der Waals surface area (Å²) in [6.45, 7) is 7.03. The molecule has 9 atom stereocenters. The minimum absolute atomic E-state index is 0.000357. The maximum atomic E-state index is 14.3. The predicted molar refractivity (Wildman–Crippen MR) is 307 cm³/mol. The summed E-state index contributed by atoms with van der Waals surface area (Å²) in [6, 6.07) is -11.8. The van der Waals surface area contributed by atoms with Crippen LogP contribution >= 0.6 is 37.9 Å². The molecule has 31 nitrogen and oxygen atoms in total. The number of hydrogen-bond donors (Lipinski definition) is 21. The van der Waals surface area contributed by atoms with Gasteiger partial charge in [-0.05, 0) is 69.6 Å². The van der Waals surface area contributed by atoms with Gasteiger partial charge in [0.2, 0.25) is 47.3 Å². The quantitative estimate of drug-likeness (QED) is 0.0118. The highest BCUT2D eigenvalue weighted by atomic mass is 32.1. The van der Waals surface area contributed by atoms with Crippen LogP contribution in [0.15, 0.2) is 20.0 Å². The molecule has 0 saturated heterocycles. The first-order valence-corrected chi connectivity index (χ1v) is 26.9. The molecule has 0 rings (SSSR count). The number of carboxylic acid groups (broad SMARTS) is 1. The zero-order valence-corrected chi connectivity index (χ0v) is 47.3. The van der Waals surface area contributed by atoms with E-state index < -0.39 is 114 Å². The van der Waals surface area contributed by atoms with Crippen molar-refractivity contribution in [1.82, 2.24) is 42.5 Å². The van der Waals surface area contributed by atoms with E-state index in [-0.39, 0.29) is 125 Å². The van der Waals surface area contributed by atoms with E-state index in [0.717, 1.165) is 0 Å². The van der Waals surface area contributed by atoms with Gasteiger partial charge in [0.25, 0.3) is 0 Å². The standard InChI is InChI=1S/C44H85N21O10S3/c1-21(2)17-27(61-38(72)28(18-76)62-32(66)23(45)9-5-13-54-41(46)47)36(70)63-29(19-77)37(71)60-25(11-7-15-56-43(50)51)34(68)58-24(10-6-14-55-42(48)49)33(67)59-26(12-8-16-57-44(52)53)35(69)65-31(22(3)4)39(73)64-30(20-78)40(74)75/h21-31,76-78H,5-20,45H2,1-4H3,(H,58,68)(H,59,67)(H,60,71)(H,61,72)(H,62,66)(H,63,70)(H,64,73)(H,65,69)(H,74,75)(H4,46,47,54)(H4,48,49,55)(H4,50,51,56)(H4,52,53,57)/t23-,24-,25-,26-,27-,28-,29-,30-,31-/m0/s1. The molecule has 34 heteroatoms. The summed E-state index contributed by atoms with van der Waals surface area (Å²) in [5.41, 5.74) is 49.7. The Bertz CT molecular complexity index is 2090. The summed E-state index contributed by atoms with van der Waals surface area (Å²) in [7, 11) is 0. The van der Waals surface area contributed by atoms with Gasteiger partial charge in [0, 0.05) is 43.4 Å². The van der Waals surface area contributed by atoms with Gasteiger partial charge in [0.15, 0.2) is 23.8 Å². The molecule has 0 aliphatic heterocycles. The van der Waals surface area contributed by atoms with Gasteiger partial charge in [-0.15, -0.1) is 0 Å². The van der Waals surface area contributed by atoms with Crippen molar-refractivity contribution in [3.8, 4) is 0 Å². The Kier molecular flexibility index (Phi) is 35.5. The second kappa shape index (κ2) is 38.8. The molecule has 0 aromatic rings. The Hall–Kier alpha value is -6.68. The van der Waals surface area contributed by atoms with E-state index in [0.29, 0.717) is 6.42 Å². The number of aliphatic carboxylic acids is 1. The lowest BCUT2D eigenvalue weighted by Crippen LogP contribution is -2.61. The average Bonchev–Trinajstić information content (AvgIpc) is 3.35. The summed E-state index contributed by atoms with van der Waals surface area (Å²) in [4.78, 5) is 137. The van der Waals surface area contributed by atoms with E-state index in [4.69, 9.17) is 51.6 Å². The number of nitrogens with zero attached hydrogens (tertiary/aromatic N) is 4. The van der Waals surface area contributed by atoms with Crippen molar-refractivity contribution >= 4 is 115 Å². The van der Waals surface area contributed by atoms with Crippen LogP contribution in [-0.4, -0.2) is 180 Å². The first-order valence-electron chi connectivity index (χ1n) is 25.0. The summed E-state index contributed by atoms with van der Waals surface area (Å²) in [5, 5.41) is 29.9. The fourth-order valence-corrected chi connectivity index (χ4v) is 7.70. The van der Waals surface area contributed by atoms with Crippen LogP contribution in [-0.2, 0) is 43.2 Å². The molecule has 78 heavy (non-hydrogen) atoms. The van der Waals surface area contributed by atoms with E-state index in [1.54, 1.807) is 27.7 Å². The van der Waals surface area contributed by atoms with Crippen LogP contribution in [0.1, 0.15) is 85.5 Å². The molecule has 0 aliphatic rings. The number of aliphatic imine (C=N–C) groups is 4. The van der Waals surface area contributed by atoms with E-state index in [9.17, 15) is 48.3 Å². The first-order chi connectivity index (χ1) is 36.6. The van der Waals surface area contributed by atoms with Crippen molar-refractivity contribution < 1.29 is 48.3 Å². The van der Waals surface area contributed by atoms with Gasteiger partial charge in [-0.1, -0.05) is 27.7 Å². The van der Waals surface area contributed by atoms with E-state index in [2.05, 4.69) is 100 Å². The molecular weight excluding hydrogens is 1080 g/mol. The molecule has 0 spiro atoms. The van der Waals surface area contributed by atoms with Crippen molar-refractivity contribution in [3.63, 3.8) is 0 Å². The number of hydrogen-bond acceptors (Lipinski definition) is 17. The van der Waals surface area contributed by atoms with Crippen LogP contribution in [0.5, 0.6) is 0 Å².